The molecule has 0 bridgehead atoms. The molecule has 1 aromatic heterocycles. The molecule has 5 heteroatoms. The highest BCUT2D eigenvalue weighted by molar-refractivity contribution is 6.08. The number of hydrogen-bond donors (Lipinski definition) is 2. The van der Waals surface area contributed by atoms with Gasteiger partial charge in [0.25, 0.3) is 5.91 Å². The smallest absolute Gasteiger partial charge is 0.261 e. The van der Waals surface area contributed by atoms with Gasteiger partial charge in [-0.3, -0.25) is 4.79 Å². The number of nitrogens with one attached hydrogen (secondary N) is 2. The molecule has 4 aromatic rings. The number of benzene rings is 3. The van der Waals surface area contributed by atoms with Crippen LogP contribution in [0.5, 0.6) is 0 Å². The summed E-state index contributed by atoms with van der Waals surface area (Å²) in [5.41, 5.74) is 5.69. The van der Waals surface area contributed by atoms with E-state index in [-0.39, 0.29) is 11.9 Å². The van der Waals surface area contributed by atoms with Crippen LogP contribution in [0.25, 0.3) is 5.70 Å². The van der Waals surface area contributed by atoms with Crippen LogP contribution in [0.3, 0.4) is 0 Å². The van der Waals surface area contributed by atoms with Crippen LogP contribution in [0.1, 0.15) is 40.0 Å². The van der Waals surface area contributed by atoms with Crippen molar-refractivity contribution in [1.29, 1.82) is 0 Å². The van der Waals surface area contributed by atoms with Crippen molar-refractivity contribution in [2.24, 2.45) is 0 Å². The van der Waals surface area contributed by atoms with Crippen molar-refractivity contribution in [2.75, 3.05) is 10.6 Å². The zero-order valence-electron chi connectivity index (χ0n) is 17.8. The summed E-state index contributed by atoms with van der Waals surface area (Å²) in [7, 11) is 0. The lowest BCUT2D eigenvalue weighted by molar-refractivity contribution is 0.102. The Labute approximate surface area is 187 Å². The zero-order chi connectivity index (χ0) is 21.9. The molecule has 1 amide bonds. The third-order valence-corrected chi connectivity index (χ3v) is 5.73. The van der Waals surface area contributed by atoms with Gasteiger partial charge in [-0.1, -0.05) is 79.7 Å². The standard InChI is InChI=1S/C27H24N4O/c1-2-19-13-15-20(16-14-19)24-17-25(21-9-5-3-6-10-21)31-26(30-24)23(18-28-31)27(32)29-22-11-7-4-8-12-22/h3-18,25,30H,2H2,1H3,(H,29,32)/t25-/m0/s1. The summed E-state index contributed by atoms with van der Waals surface area (Å²) in [6, 6.07) is 28.1. The first-order chi connectivity index (χ1) is 15.7. The third kappa shape index (κ3) is 3.81. The maximum Gasteiger partial charge on any atom is 0.261 e. The van der Waals surface area contributed by atoms with Gasteiger partial charge in [0.05, 0.1) is 12.2 Å². The van der Waals surface area contributed by atoms with Gasteiger partial charge in [-0.25, -0.2) is 4.68 Å². The fourth-order valence-corrected chi connectivity index (χ4v) is 3.96. The van der Waals surface area contributed by atoms with E-state index in [0.29, 0.717) is 11.4 Å². The van der Waals surface area contributed by atoms with Crippen molar-refractivity contribution in [3.05, 3.63) is 119 Å². The predicted octanol–water partition coefficient (Wildman–Crippen LogP) is 5.75. The average molecular weight is 421 g/mol. The summed E-state index contributed by atoms with van der Waals surface area (Å²) >= 11 is 0. The van der Waals surface area contributed by atoms with Crippen molar-refractivity contribution >= 4 is 23.1 Å². The first-order valence-corrected chi connectivity index (χ1v) is 10.8. The van der Waals surface area contributed by atoms with Gasteiger partial charge in [0.15, 0.2) is 0 Å². The molecule has 0 unspecified atom stereocenters. The number of para-hydroxylation sites is 1. The lowest BCUT2D eigenvalue weighted by Crippen LogP contribution is -2.22. The van der Waals surface area contributed by atoms with Crippen molar-refractivity contribution in [3.63, 3.8) is 0 Å². The highest BCUT2D eigenvalue weighted by Crippen LogP contribution is 2.35. The number of rotatable bonds is 5. The van der Waals surface area contributed by atoms with E-state index in [1.54, 1.807) is 6.20 Å². The molecule has 0 radical (unpaired) electrons. The molecule has 2 heterocycles. The fourth-order valence-electron chi connectivity index (χ4n) is 3.96. The molecule has 1 aliphatic heterocycles. The Morgan fingerprint density at radius 1 is 0.969 bits per heavy atom. The summed E-state index contributed by atoms with van der Waals surface area (Å²) in [5.74, 6) is 0.490. The molecule has 3 aromatic carbocycles. The van der Waals surface area contributed by atoms with E-state index in [1.807, 2.05) is 53.2 Å². The van der Waals surface area contributed by atoms with E-state index in [2.05, 4.69) is 65.1 Å². The number of amides is 1. The highest BCUT2D eigenvalue weighted by Gasteiger charge is 2.27. The molecular formula is C27H24N4O. The van der Waals surface area contributed by atoms with Crippen LogP contribution in [-0.4, -0.2) is 15.7 Å². The second-order valence-corrected chi connectivity index (χ2v) is 7.78. The Morgan fingerprint density at radius 2 is 1.66 bits per heavy atom. The molecule has 5 rings (SSSR count). The molecule has 1 aliphatic rings. The van der Waals surface area contributed by atoms with Crippen molar-refractivity contribution in [1.82, 2.24) is 9.78 Å². The van der Waals surface area contributed by atoms with Gasteiger partial charge in [0.2, 0.25) is 0 Å². The summed E-state index contributed by atoms with van der Waals surface area (Å²) in [5, 5.41) is 11.0. The Kier molecular flexibility index (Phi) is 5.30. The second-order valence-electron chi connectivity index (χ2n) is 7.78. The Morgan fingerprint density at radius 3 is 2.34 bits per heavy atom. The van der Waals surface area contributed by atoms with Crippen LogP contribution in [0, 0.1) is 0 Å². The summed E-state index contributed by atoms with van der Waals surface area (Å²) in [6.07, 6.45) is 4.79. The van der Waals surface area contributed by atoms with Gasteiger partial charge in [0, 0.05) is 11.4 Å². The van der Waals surface area contributed by atoms with E-state index in [1.165, 1.54) is 5.56 Å². The van der Waals surface area contributed by atoms with Crippen LogP contribution >= 0.6 is 0 Å². The minimum atomic E-state index is -0.195. The molecule has 0 aliphatic carbocycles. The Hall–Kier alpha value is -4.12. The lowest BCUT2D eigenvalue weighted by atomic mass is 10.00. The minimum Gasteiger partial charge on any atom is -0.339 e. The first kappa shape index (κ1) is 19.8. The molecule has 0 fully saturated rings. The highest BCUT2D eigenvalue weighted by atomic mass is 16.1. The normalized spacial score (nSPS) is 14.8. The van der Waals surface area contributed by atoms with Crippen LogP contribution in [-0.2, 0) is 6.42 Å². The van der Waals surface area contributed by atoms with E-state index in [4.69, 9.17) is 0 Å². The number of fused-ring (bicyclic) bond motifs is 1. The van der Waals surface area contributed by atoms with Crippen LogP contribution < -0.4 is 10.6 Å². The topological polar surface area (TPSA) is 59.0 Å². The molecule has 0 spiro atoms. The zero-order valence-corrected chi connectivity index (χ0v) is 17.8. The van der Waals surface area contributed by atoms with Gasteiger partial charge in [-0.05, 0) is 41.3 Å². The molecular weight excluding hydrogens is 396 g/mol. The van der Waals surface area contributed by atoms with Crippen LogP contribution in [0.15, 0.2) is 97.2 Å². The Bertz CT molecular complexity index is 1260. The van der Waals surface area contributed by atoms with Crippen molar-refractivity contribution < 1.29 is 4.79 Å². The molecule has 32 heavy (non-hydrogen) atoms. The number of carbonyl (C=O) groups is 1. The number of nitrogens with zero attached hydrogens (tertiary/aromatic N) is 2. The van der Waals surface area contributed by atoms with Gasteiger partial charge in [-0.15, -0.1) is 0 Å². The number of anilines is 2. The maximum atomic E-state index is 13.1. The largest absolute Gasteiger partial charge is 0.339 e. The van der Waals surface area contributed by atoms with E-state index < -0.39 is 0 Å². The molecule has 2 N–H and O–H groups in total. The number of aromatic nitrogens is 2. The van der Waals surface area contributed by atoms with Crippen molar-refractivity contribution in [3.8, 4) is 0 Å². The van der Waals surface area contributed by atoms with Gasteiger partial charge >= 0.3 is 0 Å². The molecule has 1 atom stereocenters. The molecule has 158 valence electrons. The van der Waals surface area contributed by atoms with Gasteiger partial charge in [0.1, 0.15) is 11.4 Å². The molecule has 0 saturated heterocycles. The van der Waals surface area contributed by atoms with Crippen LogP contribution in [0.4, 0.5) is 11.5 Å². The average Bonchev–Trinajstić information content (AvgIpc) is 3.29. The van der Waals surface area contributed by atoms with Crippen LogP contribution in [0.2, 0.25) is 0 Å². The SMILES string of the molecule is CCc1ccc(C2=C[C@@H](c3ccccc3)n3ncc(C(=O)Nc4ccccc4)c3N2)cc1. The number of allylic oxidation sites excluding steroid dienone is 1. The first-order valence-electron chi connectivity index (χ1n) is 10.8. The number of hydrogen-bond acceptors (Lipinski definition) is 3. The number of carbonyl (C=O) groups excluding carboxylic acids is 1. The van der Waals surface area contributed by atoms with E-state index in [0.717, 1.165) is 28.9 Å². The van der Waals surface area contributed by atoms with E-state index >= 15 is 0 Å². The summed E-state index contributed by atoms with van der Waals surface area (Å²) < 4.78 is 1.87. The second kappa shape index (κ2) is 8.55. The van der Waals surface area contributed by atoms with Gasteiger partial charge < -0.3 is 10.6 Å². The number of aryl methyl sites for hydroxylation is 1. The van der Waals surface area contributed by atoms with Crippen molar-refractivity contribution in [2.45, 2.75) is 19.4 Å². The lowest BCUT2D eigenvalue weighted by Gasteiger charge is -2.26. The predicted molar refractivity (Wildman–Crippen MR) is 129 cm³/mol. The monoisotopic (exact) mass is 420 g/mol. The maximum absolute atomic E-state index is 13.1. The Balaban J connectivity index is 1.55. The summed E-state index contributed by atoms with van der Waals surface area (Å²) in [4.78, 5) is 13.1. The third-order valence-electron chi connectivity index (χ3n) is 5.73. The minimum absolute atomic E-state index is 0.119. The van der Waals surface area contributed by atoms with E-state index in [9.17, 15) is 4.79 Å². The van der Waals surface area contributed by atoms with Gasteiger partial charge in [-0.2, -0.15) is 5.10 Å². The fraction of sp³-hybridized carbons (Fsp3) is 0.111. The molecule has 5 nitrogen and oxygen atoms in total. The quantitative estimate of drug-likeness (QED) is 0.432. The summed E-state index contributed by atoms with van der Waals surface area (Å²) in [6.45, 7) is 2.15. The molecule has 0 saturated carbocycles.